The first-order valence-corrected chi connectivity index (χ1v) is 7.10. The molecule has 0 spiro atoms. The number of para-hydroxylation sites is 1. The van der Waals surface area contributed by atoms with Crippen LogP contribution in [0.5, 0.6) is 0 Å². The second-order valence-corrected chi connectivity index (χ2v) is 5.58. The number of carbonyl (C=O) groups is 2. The number of carboxylic acid groups (broad SMARTS) is 1. The Kier molecular flexibility index (Phi) is 4.43. The highest BCUT2D eigenvalue weighted by Gasteiger charge is 2.16. The Morgan fingerprint density at radius 2 is 1.81 bits per heavy atom. The molecular weight excluding hydrogens is 334 g/mol. The van der Waals surface area contributed by atoms with E-state index in [9.17, 15) is 14.7 Å². The van der Waals surface area contributed by atoms with Gasteiger partial charge in [0.2, 0.25) is 0 Å². The molecule has 0 saturated heterocycles. The molecule has 2 rings (SSSR count). The fraction of sp³-hybridized carbons (Fsp3) is 0.125. The molecule has 1 amide bonds. The van der Waals surface area contributed by atoms with E-state index in [1.54, 1.807) is 24.3 Å². The molecule has 108 valence electrons. The second-order valence-electron chi connectivity index (χ2n) is 4.72. The van der Waals surface area contributed by atoms with Crippen molar-refractivity contribution in [3.05, 3.63) is 63.1 Å². The van der Waals surface area contributed by atoms with Crippen molar-refractivity contribution in [2.24, 2.45) is 0 Å². The molecule has 0 fully saturated rings. The maximum atomic E-state index is 12.3. The molecule has 2 aromatic carbocycles. The SMILES string of the molecule is Cc1ccc(C(=O)Nc2c(Br)cccc2C(=O)O)cc1C. The first-order valence-electron chi connectivity index (χ1n) is 6.30. The van der Waals surface area contributed by atoms with Crippen molar-refractivity contribution >= 4 is 33.5 Å². The van der Waals surface area contributed by atoms with E-state index in [0.29, 0.717) is 10.0 Å². The monoisotopic (exact) mass is 347 g/mol. The van der Waals surface area contributed by atoms with Crippen molar-refractivity contribution in [3.8, 4) is 0 Å². The summed E-state index contributed by atoms with van der Waals surface area (Å²) in [6.45, 7) is 3.89. The van der Waals surface area contributed by atoms with Gasteiger partial charge in [0, 0.05) is 10.0 Å². The lowest BCUT2D eigenvalue weighted by Gasteiger charge is -2.11. The third kappa shape index (κ3) is 3.31. The number of rotatable bonds is 3. The van der Waals surface area contributed by atoms with Crippen LogP contribution in [0.2, 0.25) is 0 Å². The summed E-state index contributed by atoms with van der Waals surface area (Å²) in [5.41, 5.74) is 2.90. The van der Waals surface area contributed by atoms with Crippen molar-refractivity contribution in [3.63, 3.8) is 0 Å². The van der Waals surface area contributed by atoms with Crippen molar-refractivity contribution in [1.29, 1.82) is 0 Å². The number of aromatic carboxylic acids is 1. The van der Waals surface area contributed by atoms with Crippen LogP contribution in [-0.4, -0.2) is 17.0 Å². The highest BCUT2D eigenvalue weighted by molar-refractivity contribution is 9.10. The third-order valence-corrected chi connectivity index (χ3v) is 3.91. The first kappa shape index (κ1) is 15.3. The Morgan fingerprint density at radius 1 is 1.10 bits per heavy atom. The average molecular weight is 348 g/mol. The number of carbonyl (C=O) groups excluding carboxylic acids is 1. The first-order chi connectivity index (χ1) is 9.90. The number of benzene rings is 2. The molecule has 0 aliphatic carbocycles. The minimum absolute atomic E-state index is 0.0431. The summed E-state index contributed by atoms with van der Waals surface area (Å²) in [6.07, 6.45) is 0. The van der Waals surface area contributed by atoms with Crippen molar-refractivity contribution in [2.75, 3.05) is 5.32 Å². The molecule has 0 aliphatic rings. The summed E-state index contributed by atoms with van der Waals surface area (Å²) >= 11 is 3.26. The van der Waals surface area contributed by atoms with Gasteiger partial charge in [0.25, 0.3) is 5.91 Å². The summed E-state index contributed by atoms with van der Waals surface area (Å²) in [7, 11) is 0. The van der Waals surface area contributed by atoms with E-state index < -0.39 is 5.97 Å². The average Bonchev–Trinajstić information content (AvgIpc) is 2.43. The van der Waals surface area contributed by atoms with Gasteiger partial charge in [-0.25, -0.2) is 4.79 Å². The molecule has 0 unspecified atom stereocenters. The van der Waals surface area contributed by atoms with Gasteiger partial charge in [-0.2, -0.15) is 0 Å². The minimum atomic E-state index is -1.09. The van der Waals surface area contributed by atoms with Crippen LogP contribution < -0.4 is 5.32 Å². The number of halogens is 1. The summed E-state index contributed by atoms with van der Waals surface area (Å²) in [4.78, 5) is 23.5. The van der Waals surface area contributed by atoms with Crippen LogP contribution in [0.15, 0.2) is 40.9 Å². The van der Waals surface area contributed by atoms with Crippen molar-refractivity contribution < 1.29 is 14.7 Å². The van der Waals surface area contributed by atoms with Crippen LogP contribution in [0.25, 0.3) is 0 Å². The zero-order valence-corrected chi connectivity index (χ0v) is 13.2. The molecule has 2 aromatic rings. The molecule has 0 saturated carbocycles. The van der Waals surface area contributed by atoms with Crippen LogP contribution in [0, 0.1) is 13.8 Å². The quantitative estimate of drug-likeness (QED) is 0.881. The van der Waals surface area contributed by atoms with Gasteiger partial charge >= 0.3 is 5.97 Å². The van der Waals surface area contributed by atoms with Crippen LogP contribution in [-0.2, 0) is 0 Å². The van der Waals surface area contributed by atoms with Gasteiger partial charge in [0.05, 0.1) is 11.3 Å². The van der Waals surface area contributed by atoms with Gasteiger partial charge in [-0.1, -0.05) is 12.1 Å². The van der Waals surface area contributed by atoms with Gasteiger partial charge in [-0.15, -0.1) is 0 Å². The van der Waals surface area contributed by atoms with Crippen LogP contribution in [0.3, 0.4) is 0 Å². The van der Waals surface area contributed by atoms with Gasteiger partial charge in [-0.3, -0.25) is 4.79 Å². The van der Waals surface area contributed by atoms with Crippen LogP contribution in [0.1, 0.15) is 31.8 Å². The summed E-state index contributed by atoms with van der Waals surface area (Å²) in [6, 6.07) is 10.1. The Morgan fingerprint density at radius 3 is 2.43 bits per heavy atom. The van der Waals surface area contributed by atoms with E-state index in [1.165, 1.54) is 6.07 Å². The van der Waals surface area contributed by atoms with E-state index >= 15 is 0 Å². The minimum Gasteiger partial charge on any atom is -0.478 e. The normalized spacial score (nSPS) is 10.2. The lowest BCUT2D eigenvalue weighted by atomic mass is 10.1. The Labute approximate surface area is 130 Å². The number of amides is 1. The molecule has 0 heterocycles. The number of anilines is 1. The standard InChI is InChI=1S/C16H14BrNO3/c1-9-6-7-11(8-10(9)2)15(19)18-14-12(16(20)21)4-3-5-13(14)17/h3-8H,1-2H3,(H,18,19)(H,20,21). The van der Waals surface area contributed by atoms with Gasteiger partial charge in [0.15, 0.2) is 0 Å². The van der Waals surface area contributed by atoms with Crippen LogP contribution in [0.4, 0.5) is 5.69 Å². The number of hydrogen-bond donors (Lipinski definition) is 2. The highest BCUT2D eigenvalue weighted by atomic mass is 79.9. The number of aryl methyl sites for hydroxylation is 2. The maximum Gasteiger partial charge on any atom is 0.337 e. The van der Waals surface area contributed by atoms with E-state index in [-0.39, 0.29) is 17.2 Å². The van der Waals surface area contributed by atoms with Crippen molar-refractivity contribution in [2.45, 2.75) is 13.8 Å². The molecule has 2 N–H and O–H groups in total. The Bertz CT molecular complexity index is 725. The fourth-order valence-electron chi connectivity index (χ4n) is 1.90. The van der Waals surface area contributed by atoms with Crippen LogP contribution >= 0.6 is 15.9 Å². The van der Waals surface area contributed by atoms with E-state index in [0.717, 1.165) is 11.1 Å². The summed E-state index contributed by atoms with van der Waals surface area (Å²) in [5, 5.41) is 11.8. The maximum absolute atomic E-state index is 12.3. The third-order valence-electron chi connectivity index (χ3n) is 3.25. The highest BCUT2D eigenvalue weighted by Crippen LogP contribution is 2.27. The lowest BCUT2D eigenvalue weighted by Crippen LogP contribution is -2.15. The van der Waals surface area contributed by atoms with Gasteiger partial charge in [-0.05, 0) is 65.2 Å². The predicted octanol–water partition coefficient (Wildman–Crippen LogP) is 4.02. The zero-order valence-electron chi connectivity index (χ0n) is 11.6. The number of carboxylic acids is 1. The molecule has 0 aliphatic heterocycles. The topological polar surface area (TPSA) is 66.4 Å². The molecule has 0 atom stereocenters. The zero-order chi connectivity index (χ0) is 15.6. The van der Waals surface area contributed by atoms with E-state index in [4.69, 9.17) is 0 Å². The van der Waals surface area contributed by atoms with Gasteiger partial charge in [0.1, 0.15) is 0 Å². The predicted molar refractivity (Wildman–Crippen MR) is 85.0 cm³/mol. The van der Waals surface area contributed by atoms with Gasteiger partial charge < -0.3 is 10.4 Å². The molecular formula is C16H14BrNO3. The summed E-state index contributed by atoms with van der Waals surface area (Å²) < 4.78 is 0.527. The van der Waals surface area contributed by atoms with E-state index in [2.05, 4.69) is 21.2 Å². The number of nitrogens with one attached hydrogen (secondary N) is 1. The smallest absolute Gasteiger partial charge is 0.337 e. The Balaban J connectivity index is 2.36. The largest absolute Gasteiger partial charge is 0.478 e. The fourth-order valence-corrected chi connectivity index (χ4v) is 2.36. The molecule has 0 bridgehead atoms. The Hall–Kier alpha value is -2.14. The molecule has 5 heteroatoms. The summed E-state index contributed by atoms with van der Waals surface area (Å²) in [5.74, 6) is -1.43. The van der Waals surface area contributed by atoms with Crippen molar-refractivity contribution in [1.82, 2.24) is 0 Å². The lowest BCUT2D eigenvalue weighted by molar-refractivity contribution is 0.0698. The molecule has 21 heavy (non-hydrogen) atoms. The van der Waals surface area contributed by atoms with E-state index in [1.807, 2.05) is 19.9 Å². The number of hydrogen-bond acceptors (Lipinski definition) is 2. The molecule has 0 radical (unpaired) electrons. The molecule has 0 aromatic heterocycles. The molecule has 4 nitrogen and oxygen atoms in total. The second kappa shape index (κ2) is 6.10.